The first kappa shape index (κ1) is 8.02. The Labute approximate surface area is 62.5 Å². The average molecular weight is 144 g/mol. The first-order chi connectivity index (χ1) is 4.50. The van der Waals surface area contributed by atoms with Crippen molar-refractivity contribution in [2.75, 3.05) is 6.61 Å². The molecule has 2 nitrogen and oxygen atoms in total. The predicted molar refractivity (Wildman–Crippen MR) is 39.7 cm³/mol. The molecule has 1 aliphatic rings. The first-order valence-electron chi connectivity index (χ1n) is 3.77. The summed E-state index contributed by atoms with van der Waals surface area (Å²) < 4.78 is 10.8. The highest BCUT2D eigenvalue weighted by Gasteiger charge is 2.32. The highest BCUT2D eigenvalue weighted by atomic mass is 16.7. The molecule has 0 N–H and O–H groups in total. The van der Waals surface area contributed by atoms with Crippen molar-refractivity contribution in [3.63, 3.8) is 0 Å². The molecule has 0 spiro atoms. The summed E-state index contributed by atoms with van der Waals surface area (Å²) >= 11 is 0. The van der Waals surface area contributed by atoms with Gasteiger partial charge in [0.25, 0.3) is 0 Å². The Kier molecular flexibility index (Phi) is 2.02. The van der Waals surface area contributed by atoms with Crippen molar-refractivity contribution < 1.29 is 9.47 Å². The van der Waals surface area contributed by atoms with E-state index < -0.39 is 0 Å². The summed E-state index contributed by atoms with van der Waals surface area (Å²) in [6.45, 7) is 9.17. The summed E-state index contributed by atoms with van der Waals surface area (Å²) in [5.41, 5.74) is 0.213. The van der Waals surface area contributed by atoms with Gasteiger partial charge in [-0.1, -0.05) is 20.8 Å². The van der Waals surface area contributed by atoms with E-state index in [9.17, 15) is 0 Å². The van der Waals surface area contributed by atoms with Crippen LogP contribution in [0.2, 0.25) is 0 Å². The molecule has 2 heteroatoms. The van der Waals surface area contributed by atoms with Crippen LogP contribution in [0.1, 0.15) is 27.7 Å². The molecule has 0 unspecified atom stereocenters. The molecule has 0 saturated carbocycles. The lowest BCUT2D eigenvalue weighted by molar-refractivity contribution is -0.0623. The zero-order chi connectivity index (χ0) is 7.78. The van der Waals surface area contributed by atoms with Crippen molar-refractivity contribution in [3.05, 3.63) is 0 Å². The fraction of sp³-hybridized carbons (Fsp3) is 1.00. The molecule has 1 rings (SSSR count). The van der Waals surface area contributed by atoms with Crippen LogP contribution in [0, 0.1) is 5.41 Å². The molecule has 0 aromatic heterocycles. The Morgan fingerprint density at radius 2 is 1.90 bits per heavy atom. The van der Waals surface area contributed by atoms with Crippen LogP contribution >= 0.6 is 0 Å². The molecular formula is C8H16O2. The molecule has 10 heavy (non-hydrogen) atoms. The summed E-state index contributed by atoms with van der Waals surface area (Å²) in [5, 5.41) is 0. The van der Waals surface area contributed by atoms with E-state index >= 15 is 0 Å². The van der Waals surface area contributed by atoms with Crippen molar-refractivity contribution in [2.24, 2.45) is 5.41 Å². The molecule has 0 amide bonds. The molecule has 1 heterocycles. The van der Waals surface area contributed by atoms with Gasteiger partial charge >= 0.3 is 0 Å². The van der Waals surface area contributed by atoms with Gasteiger partial charge in [0.2, 0.25) is 0 Å². The first-order valence-corrected chi connectivity index (χ1v) is 3.77. The molecule has 2 atom stereocenters. The van der Waals surface area contributed by atoms with Crippen molar-refractivity contribution >= 4 is 0 Å². The van der Waals surface area contributed by atoms with Gasteiger partial charge in [0.15, 0.2) is 6.29 Å². The third-order valence-electron chi connectivity index (χ3n) is 1.80. The molecule has 1 fully saturated rings. The maximum Gasteiger partial charge on any atom is 0.155 e. The topological polar surface area (TPSA) is 18.5 Å². The Morgan fingerprint density at radius 1 is 1.30 bits per heavy atom. The van der Waals surface area contributed by atoms with Crippen molar-refractivity contribution in [3.8, 4) is 0 Å². The molecule has 60 valence electrons. The standard InChI is InChI=1S/C8H16O2/c1-6-9-5-7(10-6)8(2,3)4/h6-7H,5H2,1-4H3/t6-,7-/m1/s1. The molecule has 1 saturated heterocycles. The summed E-state index contributed by atoms with van der Waals surface area (Å²) in [6, 6.07) is 0. The van der Waals surface area contributed by atoms with Crippen LogP contribution in [0.5, 0.6) is 0 Å². The number of ether oxygens (including phenoxy) is 2. The van der Waals surface area contributed by atoms with E-state index in [-0.39, 0.29) is 17.8 Å². The van der Waals surface area contributed by atoms with Crippen LogP contribution in [0.15, 0.2) is 0 Å². The third-order valence-corrected chi connectivity index (χ3v) is 1.80. The van der Waals surface area contributed by atoms with E-state index in [1.54, 1.807) is 0 Å². The second-order valence-electron chi connectivity index (χ2n) is 3.89. The van der Waals surface area contributed by atoms with E-state index in [2.05, 4.69) is 20.8 Å². The Balaban J connectivity index is 2.45. The molecule has 0 bridgehead atoms. The Bertz CT molecular complexity index is 115. The van der Waals surface area contributed by atoms with Crippen LogP contribution in [0.25, 0.3) is 0 Å². The van der Waals surface area contributed by atoms with Gasteiger partial charge in [0.05, 0.1) is 12.7 Å². The summed E-state index contributed by atoms with van der Waals surface area (Å²) in [6.07, 6.45) is 0.256. The van der Waals surface area contributed by atoms with E-state index in [1.807, 2.05) is 6.92 Å². The second-order valence-corrected chi connectivity index (χ2v) is 3.89. The van der Waals surface area contributed by atoms with Crippen molar-refractivity contribution in [1.82, 2.24) is 0 Å². The van der Waals surface area contributed by atoms with Gasteiger partial charge in [0, 0.05) is 0 Å². The lowest BCUT2D eigenvalue weighted by atomic mass is 9.90. The van der Waals surface area contributed by atoms with Crippen LogP contribution in [-0.4, -0.2) is 19.0 Å². The third kappa shape index (κ3) is 1.70. The largest absolute Gasteiger partial charge is 0.350 e. The molecule has 0 aliphatic carbocycles. The van der Waals surface area contributed by atoms with Crippen molar-refractivity contribution in [2.45, 2.75) is 40.1 Å². The predicted octanol–water partition coefficient (Wildman–Crippen LogP) is 1.79. The van der Waals surface area contributed by atoms with E-state index in [1.165, 1.54) is 0 Å². The van der Waals surface area contributed by atoms with Crippen LogP contribution in [0.4, 0.5) is 0 Å². The average Bonchev–Trinajstić information content (AvgIpc) is 2.11. The van der Waals surface area contributed by atoms with Gasteiger partial charge < -0.3 is 9.47 Å². The van der Waals surface area contributed by atoms with Crippen molar-refractivity contribution in [1.29, 1.82) is 0 Å². The zero-order valence-electron chi connectivity index (χ0n) is 7.18. The van der Waals surface area contributed by atoms with E-state index in [0.29, 0.717) is 0 Å². The van der Waals surface area contributed by atoms with Gasteiger partial charge in [-0.15, -0.1) is 0 Å². The lowest BCUT2D eigenvalue weighted by Crippen LogP contribution is -2.28. The van der Waals surface area contributed by atoms with Gasteiger partial charge in [-0.2, -0.15) is 0 Å². The highest BCUT2D eigenvalue weighted by Crippen LogP contribution is 2.27. The second kappa shape index (κ2) is 2.51. The number of hydrogen-bond donors (Lipinski definition) is 0. The van der Waals surface area contributed by atoms with Crippen LogP contribution < -0.4 is 0 Å². The molecule has 0 radical (unpaired) electrons. The van der Waals surface area contributed by atoms with Gasteiger partial charge in [-0.05, 0) is 12.3 Å². The minimum absolute atomic E-state index is 0.00998. The van der Waals surface area contributed by atoms with Crippen LogP contribution in [0.3, 0.4) is 0 Å². The molecule has 1 aliphatic heterocycles. The molecular weight excluding hydrogens is 128 g/mol. The van der Waals surface area contributed by atoms with Gasteiger partial charge in [-0.3, -0.25) is 0 Å². The smallest absolute Gasteiger partial charge is 0.155 e. The maximum absolute atomic E-state index is 5.50. The monoisotopic (exact) mass is 144 g/mol. The summed E-state index contributed by atoms with van der Waals surface area (Å²) in [4.78, 5) is 0. The fourth-order valence-electron chi connectivity index (χ4n) is 0.987. The quantitative estimate of drug-likeness (QED) is 0.516. The number of rotatable bonds is 0. The Morgan fingerprint density at radius 3 is 2.10 bits per heavy atom. The molecule has 0 aromatic rings. The normalized spacial score (nSPS) is 34.8. The Hall–Kier alpha value is -0.0800. The number of hydrogen-bond acceptors (Lipinski definition) is 2. The minimum Gasteiger partial charge on any atom is -0.350 e. The van der Waals surface area contributed by atoms with Gasteiger partial charge in [0.1, 0.15) is 0 Å². The molecule has 0 aromatic carbocycles. The fourth-order valence-corrected chi connectivity index (χ4v) is 0.987. The minimum atomic E-state index is -0.00998. The highest BCUT2D eigenvalue weighted by molar-refractivity contribution is 4.77. The van der Waals surface area contributed by atoms with E-state index in [0.717, 1.165) is 6.61 Å². The lowest BCUT2D eigenvalue weighted by Gasteiger charge is -2.24. The van der Waals surface area contributed by atoms with Gasteiger partial charge in [-0.25, -0.2) is 0 Å². The zero-order valence-corrected chi connectivity index (χ0v) is 7.18. The van der Waals surface area contributed by atoms with E-state index in [4.69, 9.17) is 9.47 Å². The maximum atomic E-state index is 5.50. The summed E-state index contributed by atoms with van der Waals surface area (Å²) in [7, 11) is 0. The van der Waals surface area contributed by atoms with Crippen LogP contribution in [-0.2, 0) is 9.47 Å². The summed E-state index contributed by atoms with van der Waals surface area (Å²) in [5.74, 6) is 0. The SMILES string of the molecule is C[C@@H]1OC[C@H](C(C)(C)C)O1.